The van der Waals surface area contributed by atoms with Gasteiger partial charge in [0.1, 0.15) is 11.8 Å². The summed E-state index contributed by atoms with van der Waals surface area (Å²) in [4.78, 5) is 0. The number of ether oxygens (including phenoxy) is 1. The molecule has 0 aromatic heterocycles. The van der Waals surface area contributed by atoms with Crippen molar-refractivity contribution in [3.05, 3.63) is 24.3 Å². The summed E-state index contributed by atoms with van der Waals surface area (Å²) in [6, 6.07) is 8.64. The highest BCUT2D eigenvalue weighted by Gasteiger charge is 2.42. The third-order valence-electron chi connectivity index (χ3n) is 3.65. The minimum Gasteiger partial charge on any atom is -0.479 e. The van der Waals surface area contributed by atoms with Gasteiger partial charge in [-0.2, -0.15) is 18.4 Å². The monoisotopic (exact) mass is 298 g/mol. The Morgan fingerprint density at radius 3 is 2.86 bits per heavy atom. The molecule has 1 aromatic carbocycles. The molecule has 1 aliphatic carbocycles. The zero-order chi connectivity index (χ0) is 15.3. The van der Waals surface area contributed by atoms with Gasteiger partial charge in [-0.05, 0) is 31.4 Å². The summed E-state index contributed by atoms with van der Waals surface area (Å²) in [5.74, 6) is -0.688. The Hall–Kier alpha value is -1.90. The zero-order valence-corrected chi connectivity index (χ0v) is 11.5. The summed E-state index contributed by atoms with van der Waals surface area (Å²) in [5.41, 5.74) is 0.721. The molecule has 1 aliphatic rings. The smallest absolute Gasteiger partial charge is 0.391 e. The first-order valence-corrected chi connectivity index (χ1v) is 6.92. The van der Waals surface area contributed by atoms with Crippen molar-refractivity contribution in [2.24, 2.45) is 5.92 Å². The molecule has 6 heteroatoms. The van der Waals surface area contributed by atoms with Gasteiger partial charge in [0.05, 0.1) is 5.92 Å². The summed E-state index contributed by atoms with van der Waals surface area (Å²) in [6.45, 7) is -0.0525. The van der Waals surface area contributed by atoms with E-state index in [2.05, 4.69) is 5.32 Å². The molecule has 2 atom stereocenters. The average molecular weight is 298 g/mol. The fraction of sp³-hybridized carbons (Fsp3) is 0.533. The summed E-state index contributed by atoms with van der Waals surface area (Å²) >= 11 is 0. The topological polar surface area (TPSA) is 45.0 Å². The average Bonchev–Trinajstić information content (AvgIpc) is 2.45. The molecule has 1 saturated carbocycles. The second-order valence-electron chi connectivity index (χ2n) is 5.22. The fourth-order valence-corrected chi connectivity index (χ4v) is 2.65. The first-order chi connectivity index (χ1) is 9.99. The number of nitrogens with zero attached hydrogens (tertiary/aromatic N) is 1. The van der Waals surface area contributed by atoms with Crippen LogP contribution in [0.15, 0.2) is 24.3 Å². The first-order valence-electron chi connectivity index (χ1n) is 6.92. The molecule has 2 rings (SSSR count). The Morgan fingerprint density at radius 1 is 1.33 bits per heavy atom. The van der Waals surface area contributed by atoms with E-state index < -0.39 is 12.1 Å². The number of alkyl halides is 3. The summed E-state index contributed by atoms with van der Waals surface area (Å²) in [7, 11) is 0. The van der Waals surface area contributed by atoms with Crippen LogP contribution >= 0.6 is 0 Å². The minimum absolute atomic E-state index is 0.0525. The van der Waals surface area contributed by atoms with Crippen molar-refractivity contribution in [2.75, 3.05) is 11.9 Å². The lowest BCUT2D eigenvalue weighted by Gasteiger charge is -2.31. The largest absolute Gasteiger partial charge is 0.479 e. The van der Waals surface area contributed by atoms with Crippen LogP contribution in [0.2, 0.25) is 0 Å². The standard InChI is InChI=1S/C15H17F3N2O/c16-15(17,18)11-3-1-4-12(9-11)20-13-5-2-6-14(10-13)21-8-7-19/h2,5-6,10-12,20H,1,3-4,8-9H2. The normalized spacial score (nSPS) is 22.4. The van der Waals surface area contributed by atoms with Crippen LogP contribution in [0.5, 0.6) is 5.75 Å². The molecule has 3 nitrogen and oxygen atoms in total. The second kappa shape index (κ2) is 6.70. The molecule has 21 heavy (non-hydrogen) atoms. The Kier molecular flexibility index (Phi) is 4.94. The maximum absolute atomic E-state index is 12.8. The van der Waals surface area contributed by atoms with Gasteiger partial charge in [0.25, 0.3) is 0 Å². The molecule has 0 saturated heterocycles. The molecule has 114 valence electrons. The van der Waals surface area contributed by atoms with E-state index in [1.54, 1.807) is 24.3 Å². The molecule has 0 aliphatic heterocycles. The van der Waals surface area contributed by atoms with E-state index >= 15 is 0 Å². The molecule has 1 N–H and O–H groups in total. The number of anilines is 1. The van der Waals surface area contributed by atoms with E-state index in [1.807, 2.05) is 6.07 Å². The highest BCUT2D eigenvalue weighted by Crippen LogP contribution is 2.38. The molecule has 0 heterocycles. The molecule has 0 bridgehead atoms. The number of hydrogen-bond acceptors (Lipinski definition) is 3. The van der Waals surface area contributed by atoms with Gasteiger partial charge in [-0.15, -0.1) is 0 Å². The van der Waals surface area contributed by atoms with Crippen molar-refractivity contribution in [2.45, 2.75) is 37.9 Å². The van der Waals surface area contributed by atoms with Gasteiger partial charge in [-0.1, -0.05) is 12.5 Å². The van der Waals surface area contributed by atoms with Crippen molar-refractivity contribution >= 4 is 5.69 Å². The van der Waals surface area contributed by atoms with E-state index in [4.69, 9.17) is 10.00 Å². The molecular weight excluding hydrogens is 281 g/mol. The molecule has 1 fully saturated rings. The minimum atomic E-state index is -4.11. The quantitative estimate of drug-likeness (QED) is 0.909. The van der Waals surface area contributed by atoms with E-state index in [0.29, 0.717) is 12.2 Å². The Balaban J connectivity index is 1.96. The lowest BCUT2D eigenvalue weighted by Crippen LogP contribution is -2.34. The van der Waals surface area contributed by atoms with E-state index in [0.717, 1.165) is 12.1 Å². The molecular formula is C15H17F3N2O. The lowest BCUT2D eigenvalue weighted by molar-refractivity contribution is -0.182. The van der Waals surface area contributed by atoms with Crippen molar-refractivity contribution in [3.8, 4) is 11.8 Å². The van der Waals surface area contributed by atoms with Gasteiger partial charge in [0, 0.05) is 17.8 Å². The first kappa shape index (κ1) is 15.5. The van der Waals surface area contributed by atoms with Crippen molar-refractivity contribution in [1.29, 1.82) is 5.26 Å². The van der Waals surface area contributed by atoms with E-state index in [-0.39, 0.29) is 25.5 Å². The van der Waals surface area contributed by atoms with Crippen LogP contribution in [-0.4, -0.2) is 18.8 Å². The van der Waals surface area contributed by atoms with Crippen LogP contribution in [0, 0.1) is 17.2 Å². The van der Waals surface area contributed by atoms with Crippen LogP contribution in [0.4, 0.5) is 18.9 Å². The molecule has 0 spiro atoms. The van der Waals surface area contributed by atoms with Gasteiger partial charge in [-0.25, -0.2) is 0 Å². The van der Waals surface area contributed by atoms with Gasteiger partial charge < -0.3 is 10.1 Å². The number of rotatable bonds is 4. The van der Waals surface area contributed by atoms with E-state index in [9.17, 15) is 13.2 Å². The van der Waals surface area contributed by atoms with Crippen molar-refractivity contribution < 1.29 is 17.9 Å². The summed E-state index contributed by atoms with van der Waals surface area (Å²) in [5, 5.41) is 11.6. The van der Waals surface area contributed by atoms with Crippen LogP contribution in [0.1, 0.15) is 25.7 Å². The zero-order valence-electron chi connectivity index (χ0n) is 11.5. The Morgan fingerprint density at radius 2 is 2.14 bits per heavy atom. The van der Waals surface area contributed by atoms with Gasteiger partial charge in [-0.3, -0.25) is 0 Å². The number of halogens is 3. The third kappa shape index (κ3) is 4.55. The second-order valence-corrected chi connectivity index (χ2v) is 5.22. The third-order valence-corrected chi connectivity index (χ3v) is 3.65. The van der Waals surface area contributed by atoms with Crippen LogP contribution < -0.4 is 10.1 Å². The number of nitriles is 1. The molecule has 2 unspecified atom stereocenters. The number of nitrogens with one attached hydrogen (secondary N) is 1. The lowest BCUT2D eigenvalue weighted by atomic mass is 9.85. The van der Waals surface area contributed by atoms with Gasteiger partial charge in [0.15, 0.2) is 6.61 Å². The van der Waals surface area contributed by atoms with Crippen LogP contribution in [0.25, 0.3) is 0 Å². The van der Waals surface area contributed by atoms with Gasteiger partial charge in [0.2, 0.25) is 0 Å². The maximum Gasteiger partial charge on any atom is 0.391 e. The molecule has 0 amide bonds. The predicted molar refractivity (Wildman–Crippen MR) is 73.0 cm³/mol. The maximum atomic E-state index is 12.8. The molecule has 1 aromatic rings. The van der Waals surface area contributed by atoms with Crippen LogP contribution in [0.3, 0.4) is 0 Å². The number of benzene rings is 1. The summed E-state index contributed by atoms with van der Waals surface area (Å²) in [6.07, 6.45) is -2.49. The Bertz CT molecular complexity index is 510. The highest BCUT2D eigenvalue weighted by molar-refractivity contribution is 5.49. The molecule has 0 radical (unpaired) electrons. The van der Waals surface area contributed by atoms with E-state index in [1.165, 1.54) is 0 Å². The fourth-order valence-electron chi connectivity index (χ4n) is 2.65. The predicted octanol–water partition coefficient (Wildman–Crippen LogP) is 4.12. The Labute approximate surface area is 121 Å². The number of hydrogen-bond donors (Lipinski definition) is 1. The van der Waals surface area contributed by atoms with Crippen molar-refractivity contribution in [3.63, 3.8) is 0 Å². The highest BCUT2D eigenvalue weighted by atomic mass is 19.4. The van der Waals surface area contributed by atoms with Gasteiger partial charge >= 0.3 is 6.18 Å². The van der Waals surface area contributed by atoms with Crippen LogP contribution in [-0.2, 0) is 0 Å². The SMILES string of the molecule is N#CCOc1cccc(NC2CCCC(C(F)(F)F)C2)c1. The summed E-state index contributed by atoms with van der Waals surface area (Å²) < 4.78 is 43.5. The van der Waals surface area contributed by atoms with Crippen molar-refractivity contribution in [1.82, 2.24) is 0 Å².